The highest BCUT2D eigenvalue weighted by Crippen LogP contribution is 2.18. The van der Waals surface area contributed by atoms with Crippen LogP contribution in [0.25, 0.3) is 0 Å². The van der Waals surface area contributed by atoms with Crippen LogP contribution >= 0.6 is 11.3 Å². The van der Waals surface area contributed by atoms with Crippen molar-refractivity contribution in [2.45, 2.75) is 46.2 Å². The van der Waals surface area contributed by atoms with Gasteiger partial charge in [-0.3, -0.25) is 0 Å². The molecule has 0 aliphatic heterocycles. The molecule has 0 saturated heterocycles. The first kappa shape index (κ1) is 13.6. The van der Waals surface area contributed by atoms with Crippen molar-refractivity contribution >= 4 is 11.3 Å². The van der Waals surface area contributed by atoms with E-state index in [2.05, 4.69) is 38.0 Å². The van der Waals surface area contributed by atoms with Gasteiger partial charge in [0, 0.05) is 23.7 Å². The van der Waals surface area contributed by atoms with Crippen molar-refractivity contribution in [2.75, 3.05) is 6.54 Å². The molecule has 0 radical (unpaired) electrons. The Labute approximate surface area is 102 Å². The summed E-state index contributed by atoms with van der Waals surface area (Å²) in [4.78, 5) is 5.63. The van der Waals surface area contributed by atoms with Gasteiger partial charge >= 0.3 is 0 Å². The fraction of sp³-hybridized carbons (Fsp3) is 0.750. The Morgan fingerprint density at radius 3 is 2.62 bits per heavy atom. The van der Waals surface area contributed by atoms with Crippen molar-refractivity contribution in [1.29, 1.82) is 0 Å². The second-order valence-electron chi connectivity index (χ2n) is 4.83. The van der Waals surface area contributed by atoms with Crippen LogP contribution < -0.4 is 11.1 Å². The standard InChI is InChI=1S/C12H23N3S/c1-8(2)5-11(13)7-14-10(4)12-15-6-9(3)16-12/h6,8,10-11,14H,5,7,13H2,1-4H3. The maximum atomic E-state index is 6.03. The lowest BCUT2D eigenvalue weighted by atomic mass is 10.0. The maximum Gasteiger partial charge on any atom is 0.109 e. The molecule has 92 valence electrons. The van der Waals surface area contributed by atoms with Crippen LogP contribution in [-0.4, -0.2) is 17.6 Å². The zero-order valence-corrected chi connectivity index (χ0v) is 11.5. The number of nitrogens with zero attached hydrogens (tertiary/aromatic N) is 1. The molecule has 1 aromatic rings. The first-order valence-electron chi connectivity index (χ1n) is 5.90. The van der Waals surface area contributed by atoms with E-state index in [0.717, 1.165) is 18.0 Å². The average Bonchev–Trinajstić information content (AvgIpc) is 2.60. The monoisotopic (exact) mass is 241 g/mol. The van der Waals surface area contributed by atoms with Crippen molar-refractivity contribution in [3.05, 3.63) is 16.1 Å². The molecule has 0 aromatic carbocycles. The molecule has 3 nitrogen and oxygen atoms in total. The third kappa shape index (κ3) is 4.60. The summed E-state index contributed by atoms with van der Waals surface area (Å²) in [6.45, 7) is 9.48. The second-order valence-corrected chi connectivity index (χ2v) is 6.10. The van der Waals surface area contributed by atoms with Crippen molar-refractivity contribution in [1.82, 2.24) is 10.3 Å². The van der Waals surface area contributed by atoms with Gasteiger partial charge in [-0.15, -0.1) is 11.3 Å². The van der Waals surface area contributed by atoms with Gasteiger partial charge in [0.2, 0.25) is 0 Å². The summed E-state index contributed by atoms with van der Waals surface area (Å²) in [5, 5.41) is 4.59. The van der Waals surface area contributed by atoms with E-state index in [1.54, 1.807) is 11.3 Å². The molecular weight excluding hydrogens is 218 g/mol. The Hall–Kier alpha value is -0.450. The summed E-state index contributed by atoms with van der Waals surface area (Å²) in [6, 6.07) is 0.542. The van der Waals surface area contributed by atoms with E-state index in [1.165, 1.54) is 4.88 Å². The molecule has 0 saturated carbocycles. The fourth-order valence-corrected chi connectivity index (χ4v) is 2.48. The minimum absolute atomic E-state index is 0.239. The molecule has 1 rings (SSSR count). The molecule has 4 heteroatoms. The maximum absolute atomic E-state index is 6.03. The molecule has 0 bridgehead atoms. The largest absolute Gasteiger partial charge is 0.327 e. The third-order valence-corrected chi connectivity index (χ3v) is 3.57. The molecule has 0 amide bonds. The van der Waals surface area contributed by atoms with Crippen LogP contribution in [0.15, 0.2) is 6.20 Å². The van der Waals surface area contributed by atoms with Crippen LogP contribution in [0.5, 0.6) is 0 Å². The van der Waals surface area contributed by atoms with Gasteiger partial charge in [-0.2, -0.15) is 0 Å². The highest BCUT2D eigenvalue weighted by atomic mass is 32.1. The van der Waals surface area contributed by atoms with E-state index >= 15 is 0 Å². The minimum Gasteiger partial charge on any atom is -0.327 e. The van der Waals surface area contributed by atoms with Crippen molar-refractivity contribution in [3.8, 4) is 0 Å². The minimum atomic E-state index is 0.239. The molecule has 0 spiro atoms. The van der Waals surface area contributed by atoms with Crippen molar-refractivity contribution in [2.24, 2.45) is 11.7 Å². The van der Waals surface area contributed by atoms with E-state index in [4.69, 9.17) is 5.73 Å². The molecule has 2 atom stereocenters. The van der Waals surface area contributed by atoms with Crippen LogP contribution in [0.1, 0.15) is 43.1 Å². The Morgan fingerprint density at radius 1 is 1.44 bits per heavy atom. The van der Waals surface area contributed by atoms with Crippen LogP contribution in [-0.2, 0) is 0 Å². The number of aromatic nitrogens is 1. The van der Waals surface area contributed by atoms with E-state index in [1.807, 2.05) is 6.20 Å². The number of nitrogens with one attached hydrogen (secondary N) is 1. The Bertz CT molecular complexity index is 309. The Kier molecular flexibility index (Phi) is 5.38. The van der Waals surface area contributed by atoms with Gasteiger partial charge in [-0.05, 0) is 26.2 Å². The summed E-state index contributed by atoms with van der Waals surface area (Å²) in [7, 11) is 0. The van der Waals surface area contributed by atoms with Gasteiger partial charge in [0.15, 0.2) is 0 Å². The summed E-state index contributed by atoms with van der Waals surface area (Å²) >= 11 is 1.75. The third-order valence-electron chi connectivity index (χ3n) is 2.47. The summed E-state index contributed by atoms with van der Waals surface area (Å²) < 4.78 is 0. The highest BCUT2D eigenvalue weighted by Gasteiger charge is 2.11. The molecule has 3 N–H and O–H groups in total. The Balaban J connectivity index is 2.32. The molecule has 2 unspecified atom stereocenters. The smallest absolute Gasteiger partial charge is 0.109 e. The predicted molar refractivity (Wildman–Crippen MR) is 70.7 cm³/mol. The normalized spacial score (nSPS) is 15.4. The van der Waals surface area contributed by atoms with E-state index in [9.17, 15) is 0 Å². The lowest BCUT2D eigenvalue weighted by Gasteiger charge is -2.17. The second kappa shape index (κ2) is 6.33. The zero-order chi connectivity index (χ0) is 12.1. The SMILES string of the molecule is Cc1cnc(C(C)NCC(N)CC(C)C)s1. The van der Waals surface area contributed by atoms with Crippen molar-refractivity contribution in [3.63, 3.8) is 0 Å². The topological polar surface area (TPSA) is 50.9 Å². The number of thiazole rings is 1. The zero-order valence-electron chi connectivity index (χ0n) is 10.7. The number of nitrogens with two attached hydrogens (primary N) is 1. The van der Waals surface area contributed by atoms with Crippen molar-refractivity contribution < 1.29 is 0 Å². The molecular formula is C12H23N3S. The first-order valence-corrected chi connectivity index (χ1v) is 6.72. The van der Waals surface area contributed by atoms with E-state index in [0.29, 0.717) is 12.0 Å². The van der Waals surface area contributed by atoms with E-state index < -0.39 is 0 Å². The molecule has 1 aromatic heterocycles. The van der Waals surface area contributed by atoms with Gasteiger partial charge in [0.25, 0.3) is 0 Å². The quantitative estimate of drug-likeness (QED) is 0.804. The number of aryl methyl sites for hydroxylation is 1. The van der Waals surface area contributed by atoms with Gasteiger partial charge in [0.1, 0.15) is 5.01 Å². The summed E-state index contributed by atoms with van der Waals surface area (Å²) in [5.74, 6) is 0.661. The number of hydrogen-bond donors (Lipinski definition) is 2. The average molecular weight is 241 g/mol. The van der Waals surface area contributed by atoms with Crippen LogP contribution in [0.4, 0.5) is 0 Å². The first-order chi connectivity index (χ1) is 7.49. The number of hydrogen-bond acceptors (Lipinski definition) is 4. The summed E-state index contributed by atoms with van der Waals surface area (Å²) in [6.07, 6.45) is 2.99. The fourth-order valence-electron chi connectivity index (χ4n) is 1.68. The molecule has 0 fully saturated rings. The predicted octanol–water partition coefficient (Wildman–Crippen LogP) is 2.48. The van der Waals surface area contributed by atoms with Gasteiger partial charge < -0.3 is 11.1 Å². The highest BCUT2D eigenvalue weighted by molar-refractivity contribution is 7.11. The Morgan fingerprint density at radius 2 is 2.12 bits per heavy atom. The van der Waals surface area contributed by atoms with Gasteiger partial charge in [-0.1, -0.05) is 13.8 Å². The van der Waals surface area contributed by atoms with Gasteiger partial charge in [-0.25, -0.2) is 4.98 Å². The molecule has 16 heavy (non-hydrogen) atoms. The van der Waals surface area contributed by atoms with Crippen LogP contribution in [0.3, 0.4) is 0 Å². The lowest BCUT2D eigenvalue weighted by Crippen LogP contribution is -2.36. The lowest BCUT2D eigenvalue weighted by molar-refractivity contribution is 0.445. The molecule has 0 aliphatic carbocycles. The van der Waals surface area contributed by atoms with Crippen LogP contribution in [0, 0.1) is 12.8 Å². The van der Waals surface area contributed by atoms with E-state index in [-0.39, 0.29) is 6.04 Å². The van der Waals surface area contributed by atoms with Gasteiger partial charge in [0.05, 0.1) is 6.04 Å². The molecule has 1 heterocycles. The number of rotatable bonds is 6. The van der Waals surface area contributed by atoms with Crippen LogP contribution in [0.2, 0.25) is 0 Å². The summed E-state index contributed by atoms with van der Waals surface area (Å²) in [5.41, 5.74) is 6.03. The molecule has 0 aliphatic rings.